The van der Waals surface area contributed by atoms with Gasteiger partial charge in [-0.25, -0.2) is 14.5 Å². The summed E-state index contributed by atoms with van der Waals surface area (Å²) >= 11 is 0. The van der Waals surface area contributed by atoms with Gasteiger partial charge in [0, 0.05) is 18.7 Å². The number of fused-ring (bicyclic) bond motifs is 4. The highest BCUT2D eigenvalue weighted by atomic mass is 16.6. The normalized spacial score (nSPS) is 23.5. The average Bonchev–Trinajstić information content (AvgIpc) is 3.87. The number of hydrogen-bond donors (Lipinski definition) is 2. The Labute approximate surface area is 424 Å². The Morgan fingerprint density at radius 2 is 1.47 bits per heavy atom. The van der Waals surface area contributed by atoms with Crippen LogP contribution in [0.5, 0.6) is 17.2 Å². The van der Waals surface area contributed by atoms with E-state index < -0.39 is 77.3 Å². The van der Waals surface area contributed by atoms with Gasteiger partial charge in [-0.05, 0) is 119 Å². The maximum absolute atomic E-state index is 16.9. The second-order valence-corrected chi connectivity index (χ2v) is 19.6. The number of hydrogen-bond acceptors (Lipinski definition) is 11. The van der Waals surface area contributed by atoms with Crippen molar-refractivity contribution in [2.75, 3.05) is 32.8 Å². The predicted octanol–water partition coefficient (Wildman–Crippen LogP) is 8.42. The number of aromatic hydroxyl groups is 1. The number of imide groups is 1. The highest BCUT2D eigenvalue weighted by Crippen LogP contribution is 2.66. The maximum Gasteiger partial charge on any atom is 0.329 e. The van der Waals surface area contributed by atoms with Crippen molar-refractivity contribution in [2.24, 2.45) is 11.8 Å². The topological polar surface area (TPSA) is 164 Å². The second kappa shape index (κ2) is 20.0. The molecule has 1 aliphatic carbocycles. The molecule has 4 heterocycles. The van der Waals surface area contributed by atoms with Crippen molar-refractivity contribution >= 4 is 35.5 Å². The zero-order valence-corrected chi connectivity index (χ0v) is 41.5. The minimum Gasteiger partial charge on any atom is -0.508 e. The summed E-state index contributed by atoms with van der Waals surface area (Å²) in [6.07, 6.45) is 5.44. The van der Waals surface area contributed by atoms with Gasteiger partial charge in [0.05, 0.1) is 45.0 Å². The quantitative estimate of drug-likeness (QED) is 0.108. The first kappa shape index (κ1) is 48.7. The van der Waals surface area contributed by atoms with Gasteiger partial charge in [0.25, 0.3) is 0 Å². The van der Waals surface area contributed by atoms with Crippen LogP contribution < -0.4 is 19.7 Å². The fourth-order valence-corrected chi connectivity index (χ4v) is 11.8. The van der Waals surface area contributed by atoms with Crippen LogP contribution in [-0.4, -0.2) is 84.6 Å². The Hall–Kier alpha value is -7.89. The van der Waals surface area contributed by atoms with Crippen LogP contribution in [0.3, 0.4) is 0 Å². The number of nitrogens with zero attached hydrogens (tertiary/aromatic N) is 3. The predicted molar refractivity (Wildman–Crippen MR) is 271 cm³/mol. The Kier molecular flexibility index (Phi) is 13.3. The summed E-state index contributed by atoms with van der Waals surface area (Å²) in [5.41, 5.74) is 3.54. The van der Waals surface area contributed by atoms with E-state index >= 15 is 19.2 Å². The van der Waals surface area contributed by atoms with Crippen LogP contribution in [0.4, 0.5) is 10.5 Å². The zero-order chi connectivity index (χ0) is 51.1. The number of ether oxygens (including phenoxy) is 4. The van der Waals surface area contributed by atoms with Gasteiger partial charge in [-0.1, -0.05) is 105 Å². The minimum atomic E-state index is -2.08. The Balaban J connectivity index is 1.26. The molecule has 2 fully saturated rings. The molecule has 73 heavy (non-hydrogen) atoms. The molecule has 1 spiro atoms. The fraction of sp³-hybridized carbons (Fsp3) is 0.339. The van der Waals surface area contributed by atoms with Crippen molar-refractivity contribution in [3.63, 3.8) is 0 Å². The van der Waals surface area contributed by atoms with Gasteiger partial charge >= 0.3 is 18.0 Å². The van der Waals surface area contributed by atoms with Gasteiger partial charge in [0.15, 0.2) is 11.5 Å². The van der Waals surface area contributed by atoms with Crippen molar-refractivity contribution in [3.05, 3.63) is 166 Å². The first-order valence-corrected chi connectivity index (χ1v) is 24.9. The number of carbonyl (C=O) groups excluding carboxylic acids is 5. The number of phenolic OH excluding ortho intramolecular Hbond substituents is 1. The third kappa shape index (κ3) is 8.45. The summed E-state index contributed by atoms with van der Waals surface area (Å²) in [6, 6.07) is 28.8. The van der Waals surface area contributed by atoms with Crippen LogP contribution in [0.2, 0.25) is 0 Å². The van der Waals surface area contributed by atoms with E-state index in [1.807, 2.05) is 77.7 Å². The lowest BCUT2D eigenvalue weighted by Gasteiger charge is -2.46. The number of carbonyl (C=O) groups is 5. The lowest BCUT2D eigenvalue weighted by atomic mass is 9.64. The van der Waals surface area contributed by atoms with E-state index in [0.29, 0.717) is 40.2 Å². The van der Waals surface area contributed by atoms with Gasteiger partial charge in [-0.3, -0.25) is 19.3 Å². The summed E-state index contributed by atoms with van der Waals surface area (Å²) < 4.78 is 23.2. The number of morpholine rings is 1. The lowest BCUT2D eigenvalue weighted by Crippen LogP contribution is -2.58. The highest BCUT2D eigenvalue weighted by Gasteiger charge is 2.76. The van der Waals surface area contributed by atoms with Crippen LogP contribution in [0.25, 0.3) is 0 Å². The van der Waals surface area contributed by atoms with Gasteiger partial charge in [0.2, 0.25) is 11.8 Å². The van der Waals surface area contributed by atoms with Crippen LogP contribution in [-0.2, 0) is 47.0 Å². The largest absolute Gasteiger partial charge is 0.508 e. The van der Waals surface area contributed by atoms with Crippen molar-refractivity contribution in [3.8, 4) is 29.1 Å². The summed E-state index contributed by atoms with van der Waals surface area (Å²) in [5.74, 6) is 2.94. The third-order valence-electron chi connectivity index (χ3n) is 15.2. The van der Waals surface area contributed by atoms with Gasteiger partial charge in [-0.2, -0.15) is 0 Å². The van der Waals surface area contributed by atoms with Crippen molar-refractivity contribution in [1.29, 1.82) is 0 Å². The molecule has 4 amide bonds. The van der Waals surface area contributed by atoms with Gasteiger partial charge < -0.3 is 34.3 Å². The fourth-order valence-electron chi connectivity index (χ4n) is 11.8. The number of allylic oxidation sites excluding steroid dienone is 2. The molecule has 7 atom stereocenters. The molecule has 0 saturated carbocycles. The molecule has 374 valence electrons. The Bertz CT molecular complexity index is 3070. The Morgan fingerprint density at radius 1 is 0.781 bits per heavy atom. The van der Waals surface area contributed by atoms with Crippen molar-refractivity contribution < 1.29 is 48.0 Å². The van der Waals surface area contributed by atoms with Gasteiger partial charge in [-0.15, -0.1) is 0 Å². The molecule has 5 aliphatic rings. The van der Waals surface area contributed by atoms with E-state index in [0.717, 1.165) is 52.8 Å². The first-order chi connectivity index (χ1) is 35.4. The number of esters is 2. The molecule has 0 bridgehead atoms. The van der Waals surface area contributed by atoms with E-state index in [1.165, 1.54) is 19.2 Å². The summed E-state index contributed by atoms with van der Waals surface area (Å²) in [5, 5.41) is 13.7. The van der Waals surface area contributed by atoms with Crippen LogP contribution >= 0.6 is 0 Å². The molecule has 5 aromatic carbocycles. The molecular weight excluding hydrogens is 925 g/mol. The number of rotatable bonds is 9. The highest BCUT2D eigenvalue weighted by molar-refractivity contribution is 6.25. The summed E-state index contributed by atoms with van der Waals surface area (Å²) in [7, 11) is 4.34. The number of amides is 4. The second-order valence-electron chi connectivity index (χ2n) is 19.6. The molecule has 14 nitrogen and oxygen atoms in total. The number of benzene rings is 5. The number of cyclic esters (lactones) is 1. The molecule has 5 aromatic rings. The Morgan fingerprint density at radius 3 is 2.11 bits per heavy atom. The van der Waals surface area contributed by atoms with Crippen LogP contribution in [0, 0.1) is 23.7 Å². The standard InChI is InChI=1S/C59H58N4O10/c1-35(2)49(55(66)72-5)60-58(69)62-45-28-23-37(22-21-36-15-9-6-10-16-36)31-44(45)59(57(62)68)48(54(65)61-30-29-41-32-46(70-3)47(71-4)33-42(41)34-61)51-56(67)73-52(39-19-13-8-14-20-39)50(38-17-11-7-12-18-38)63(51)53(59)40-24-26-43(64)27-25-40/h7-8,11-15,17-20,23-28,31-33,35,48-53,64H,6,9-10,16,29-30,34H2,1-5H3,(H,60,69)/t48-,49-,50-,51-,52+,53+,59-/m0/s1. The molecule has 14 heteroatoms. The molecule has 4 aliphatic heterocycles. The first-order valence-electron chi connectivity index (χ1n) is 24.9. The van der Waals surface area contributed by atoms with E-state index in [1.54, 1.807) is 63.3 Å². The molecule has 0 aromatic heterocycles. The molecule has 0 unspecified atom stereocenters. The summed E-state index contributed by atoms with van der Waals surface area (Å²) in [4.78, 5) is 82.2. The van der Waals surface area contributed by atoms with Crippen molar-refractivity contribution in [2.45, 2.75) is 88.2 Å². The van der Waals surface area contributed by atoms with Crippen LogP contribution in [0.15, 0.2) is 127 Å². The average molecular weight is 983 g/mol. The number of anilines is 1. The van der Waals surface area contributed by atoms with Crippen LogP contribution in [0.1, 0.15) is 96.7 Å². The minimum absolute atomic E-state index is 0.0462. The lowest BCUT2D eigenvalue weighted by molar-refractivity contribution is -0.179. The number of nitrogens with one attached hydrogen (secondary N) is 1. The molecular formula is C59H58N4O10. The smallest absolute Gasteiger partial charge is 0.329 e. The monoisotopic (exact) mass is 982 g/mol. The van der Waals surface area contributed by atoms with E-state index in [9.17, 15) is 9.90 Å². The zero-order valence-electron chi connectivity index (χ0n) is 41.5. The van der Waals surface area contributed by atoms with E-state index in [2.05, 4.69) is 23.2 Å². The maximum atomic E-state index is 16.9. The van der Waals surface area contributed by atoms with Gasteiger partial charge in [0.1, 0.15) is 29.4 Å². The van der Waals surface area contributed by atoms with Crippen molar-refractivity contribution in [1.82, 2.24) is 15.1 Å². The molecule has 2 N–H and O–H groups in total. The number of urea groups is 1. The van der Waals surface area contributed by atoms with E-state index in [-0.39, 0.29) is 24.5 Å². The molecule has 2 saturated heterocycles. The summed E-state index contributed by atoms with van der Waals surface area (Å²) in [6.45, 7) is 3.82. The third-order valence-corrected chi connectivity index (χ3v) is 15.2. The van der Waals surface area contributed by atoms with E-state index in [4.69, 9.17) is 18.9 Å². The number of phenols is 1. The number of methoxy groups -OCH3 is 3. The molecule has 0 radical (unpaired) electrons. The molecule has 10 rings (SSSR count). The SMILES string of the molecule is COC(=O)[C@@H](NC(=O)N1C(=O)[C@@]2(c3cc(C#CC4=CCCCC4)ccc31)[C@H](C(=O)N1CCc3cc(OC)c(OC)cc3C1)[C@H]1C(=O)O[C@H](c3ccccc3)[C@H](c3ccccc3)N1[C@@H]2c1ccc(O)cc1)C(C)C.